The minimum atomic E-state index is 0.531. The highest BCUT2D eigenvalue weighted by Gasteiger charge is 2.28. The molecule has 0 unspecified atom stereocenters. The van der Waals surface area contributed by atoms with E-state index in [1.807, 2.05) is 36.5 Å². The zero-order chi connectivity index (χ0) is 17.2. The van der Waals surface area contributed by atoms with Crippen LogP contribution in [0.5, 0.6) is 0 Å². The maximum absolute atomic E-state index is 4.90. The lowest BCUT2D eigenvalue weighted by Gasteiger charge is -2.41. The van der Waals surface area contributed by atoms with Crippen molar-refractivity contribution in [1.29, 1.82) is 0 Å². The molecule has 25 heavy (non-hydrogen) atoms. The smallest absolute Gasteiger partial charge is 0.107 e. The Balaban J connectivity index is 1.40. The third-order valence-corrected chi connectivity index (χ3v) is 5.88. The van der Waals surface area contributed by atoms with Crippen LogP contribution < -0.4 is 0 Å². The maximum Gasteiger partial charge on any atom is 0.107 e. The van der Waals surface area contributed by atoms with Crippen molar-refractivity contribution in [1.82, 2.24) is 29.3 Å². The van der Waals surface area contributed by atoms with Gasteiger partial charge in [-0.3, -0.25) is 4.98 Å². The second-order valence-corrected chi connectivity index (χ2v) is 7.56. The fraction of sp³-hybridized carbons (Fsp3) is 0.632. The van der Waals surface area contributed by atoms with Crippen molar-refractivity contribution in [2.75, 3.05) is 33.2 Å². The van der Waals surface area contributed by atoms with Gasteiger partial charge in [0.1, 0.15) is 5.69 Å². The third-order valence-electron chi connectivity index (χ3n) is 5.88. The Labute approximate surface area is 149 Å². The van der Waals surface area contributed by atoms with Crippen LogP contribution >= 0.6 is 0 Å². The number of piperidine rings is 2. The molecule has 2 aliphatic heterocycles. The van der Waals surface area contributed by atoms with Crippen LogP contribution in [0.1, 0.15) is 37.3 Å². The quantitative estimate of drug-likeness (QED) is 0.857. The van der Waals surface area contributed by atoms with E-state index in [0.29, 0.717) is 5.92 Å². The fourth-order valence-electron chi connectivity index (χ4n) is 4.23. The van der Waals surface area contributed by atoms with Gasteiger partial charge in [-0.1, -0.05) is 0 Å². The van der Waals surface area contributed by atoms with E-state index >= 15 is 0 Å². The molecule has 4 heterocycles. The lowest BCUT2D eigenvalue weighted by molar-refractivity contribution is 0.0961. The van der Waals surface area contributed by atoms with E-state index in [2.05, 4.69) is 26.8 Å². The van der Waals surface area contributed by atoms with Gasteiger partial charge in [0.05, 0.1) is 30.1 Å². The summed E-state index contributed by atoms with van der Waals surface area (Å²) in [6.45, 7) is 4.86. The molecule has 2 aromatic heterocycles. The normalized spacial score (nSPS) is 21.7. The van der Waals surface area contributed by atoms with Gasteiger partial charge in [0.15, 0.2) is 0 Å². The van der Waals surface area contributed by atoms with Gasteiger partial charge in [-0.25, -0.2) is 9.97 Å². The van der Waals surface area contributed by atoms with Gasteiger partial charge in [-0.2, -0.15) is 0 Å². The second kappa shape index (κ2) is 7.22. The third kappa shape index (κ3) is 3.60. The predicted octanol–water partition coefficient (Wildman–Crippen LogP) is 2.15. The van der Waals surface area contributed by atoms with Crippen LogP contribution in [0.2, 0.25) is 0 Å². The maximum atomic E-state index is 4.90. The van der Waals surface area contributed by atoms with Crippen LogP contribution in [0, 0.1) is 0 Å². The Morgan fingerprint density at radius 1 is 0.880 bits per heavy atom. The van der Waals surface area contributed by atoms with Crippen molar-refractivity contribution >= 4 is 0 Å². The molecule has 2 aromatic rings. The average molecular weight is 340 g/mol. The molecule has 2 aliphatic rings. The number of likely N-dealkylation sites (tertiary alicyclic amines) is 2. The largest absolute Gasteiger partial charge is 0.332 e. The molecule has 6 heteroatoms. The molecule has 0 atom stereocenters. The summed E-state index contributed by atoms with van der Waals surface area (Å²) in [5.41, 5.74) is 3.09. The number of hydrogen-bond donors (Lipinski definition) is 0. The number of hydrogen-bond acceptors (Lipinski definition) is 5. The minimum Gasteiger partial charge on any atom is -0.332 e. The van der Waals surface area contributed by atoms with Crippen molar-refractivity contribution in [2.24, 2.45) is 7.05 Å². The van der Waals surface area contributed by atoms with Crippen molar-refractivity contribution < 1.29 is 0 Å². The zero-order valence-corrected chi connectivity index (χ0v) is 15.3. The molecule has 6 nitrogen and oxygen atoms in total. The molecule has 2 saturated heterocycles. The molecule has 0 N–H and O–H groups in total. The van der Waals surface area contributed by atoms with E-state index in [4.69, 9.17) is 4.98 Å². The standard InChI is InChI=1S/C19H28N6/c1-23-7-5-16(6-8-23)25-9-3-15(4-10-25)17-11-20-12-18(22-17)19-13-21-14-24(19)2/h11-16H,3-10H2,1-2H3. The number of nitrogens with zero attached hydrogens (tertiary/aromatic N) is 6. The Bertz CT molecular complexity index is 695. The number of aryl methyl sites for hydroxylation is 1. The lowest BCUT2D eigenvalue weighted by Crippen LogP contribution is -2.46. The highest BCUT2D eigenvalue weighted by molar-refractivity contribution is 5.52. The first-order valence-electron chi connectivity index (χ1n) is 9.42. The summed E-state index contributed by atoms with van der Waals surface area (Å²) >= 11 is 0. The molecule has 2 fully saturated rings. The summed E-state index contributed by atoms with van der Waals surface area (Å²) in [5.74, 6) is 0.531. The molecule has 0 saturated carbocycles. The lowest BCUT2D eigenvalue weighted by atomic mass is 9.91. The van der Waals surface area contributed by atoms with Gasteiger partial charge in [0, 0.05) is 25.2 Å². The fourth-order valence-corrected chi connectivity index (χ4v) is 4.23. The number of aromatic nitrogens is 4. The number of rotatable bonds is 3. The molecular formula is C19H28N6. The Kier molecular flexibility index (Phi) is 4.81. The monoisotopic (exact) mass is 340 g/mol. The van der Waals surface area contributed by atoms with Gasteiger partial charge in [0.25, 0.3) is 0 Å². The van der Waals surface area contributed by atoms with Crippen LogP contribution in [0.15, 0.2) is 24.9 Å². The van der Waals surface area contributed by atoms with E-state index in [1.165, 1.54) is 51.9 Å². The Morgan fingerprint density at radius 2 is 1.64 bits per heavy atom. The highest BCUT2D eigenvalue weighted by atomic mass is 15.2. The molecule has 0 aliphatic carbocycles. The van der Waals surface area contributed by atoms with Gasteiger partial charge < -0.3 is 14.4 Å². The first kappa shape index (κ1) is 16.7. The van der Waals surface area contributed by atoms with E-state index < -0.39 is 0 Å². The summed E-state index contributed by atoms with van der Waals surface area (Å²) in [6.07, 6.45) is 12.5. The summed E-state index contributed by atoms with van der Waals surface area (Å²) in [5, 5.41) is 0. The Hall–Kier alpha value is -1.79. The summed E-state index contributed by atoms with van der Waals surface area (Å²) in [6, 6.07) is 0.781. The van der Waals surface area contributed by atoms with Gasteiger partial charge in [-0.05, 0) is 58.9 Å². The topological polar surface area (TPSA) is 50.1 Å². The summed E-state index contributed by atoms with van der Waals surface area (Å²) in [7, 11) is 4.23. The first-order valence-corrected chi connectivity index (χ1v) is 9.42. The average Bonchev–Trinajstić information content (AvgIpc) is 3.09. The van der Waals surface area contributed by atoms with Crippen molar-refractivity contribution in [2.45, 2.75) is 37.6 Å². The zero-order valence-electron chi connectivity index (χ0n) is 15.3. The van der Waals surface area contributed by atoms with Gasteiger partial charge in [0.2, 0.25) is 0 Å². The molecule has 0 aromatic carbocycles. The Morgan fingerprint density at radius 3 is 2.32 bits per heavy atom. The predicted molar refractivity (Wildman–Crippen MR) is 98.3 cm³/mol. The van der Waals surface area contributed by atoms with E-state index in [1.54, 1.807) is 0 Å². The van der Waals surface area contributed by atoms with Crippen LogP contribution in [0.25, 0.3) is 11.4 Å². The molecule has 4 rings (SSSR count). The molecular weight excluding hydrogens is 312 g/mol. The highest BCUT2D eigenvalue weighted by Crippen LogP contribution is 2.30. The number of imidazole rings is 1. The van der Waals surface area contributed by atoms with Crippen molar-refractivity contribution in [3.8, 4) is 11.4 Å². The van der Waals surface area contributed by atoms with E-state index in [0.717, 1.165) is 23.1 Å². The molecule has 0 radical (unpaired) electrons. The van der Waals surface area contributed by atoms with Crippen LogP contribution in [-0.2, 0) is 7.05 Å². The molecule has 0 spiro atoms. The van der Waals surface area contributed by atoms with Gasteiger partial charge in [-0.15, -0.1) is 0 Å². The van der Waals surface area contributed by atoms with Crippen LogP contribution in [0.3, 0.4) is 0 Å². The summed E-state index contributed by atoms with van der Waals surface area (Å²) in [4.78, 5) is 18.7. The SMILES string of the molecule is CN1CCC(N2CCC(c3cncc(-c4cncn4C)n3)CC2)CC1. The van der Waals surface area contributed by atoms with Crippen molar-refractivity contribution in [3.63, 3.8) is 0 Å². The van der Waals surface area contributed by atoms with E-state index in [-0.39, 0.29) is 0 Å². The second-order valence-electron chi connectivity index (χ2n) is 7.56. The minimum absolute atomic E-state index is 0.531. The van der Waals surface area contributed by atoms with Crippen molar-refractivity contribution in [3.05, 3.63) is 30.6 Å². The van der Waals surface area contributed by atoms with Crippen LogP contribution in [0.4, 0.5) is 0 Å². The van der Waals surface area contributed by atoms with Gasteiger partial charge >= 0.3 is 0 Å². The van der Waals surface area contributed by atoms with E-state index in [9.17, 15) is 0 Å². The van der Waals surface area contributed by atoms with Crippen LogP contribution in [-0.4, -0.2) is 68.6 Å². The molecule has 134 valence electrons. The first-order chi connectivity index (χ1) is 12.2. The molecule has 0 amide bonds. The summed E-state index contributed by atoms with van der Waals surface area (Å²) < 4.78 is 2.00. The molecule has 0 bridgehead atoms.